The molecule has 0 aromatic heterocycles. The second-order valence-electron chi connectivity index (χ2n) is 3.54. The summed E-state index contributed by atoms with van der Waals surface area (Å²) in [6.45, 7) is 4.46. The Kier molecular flexibility index (Phi) is 6.10. The molecule has 0 fully saturated rings. The Morgan fingerprint density at radius 2 is 2.06 bits per heavy atom. The molecule has 1 atom stereocenters. The van der Waals surface area contributed by atoms with Crippen molar-refractivity contribution in [1.29, 1.82) is 0 Å². The van der Waals surface area contributed by atoms with Gasteiger partial charge in [0.05, 0.1) is 6.10 Å². The molecule has 0 aromatic rings. The maximum atomic E-state index is 11.7. The zero-order chi connectivity index (χ0) is 12.8. The van der Waals surface area contributed by atoms with E-state index in [1.807, 2.05) is 0 Å². The molecule has 0 heterocycles. The number of aliphatic hydroxyl groups is 1. The molecule has 0 aliphatic carbocycles. The van der Waals surface area contributed by atoms with Crippen LogP contribution in [0.2, 0.25) is 0 Å². The first-order chi connectivity index (χ1) is 7.22. The average molecular weight is 240 g/mol. The van der Waals surface area contributed by atoms with E-state index in [2.05, 4.69) is 11.3 Å². The Morgan fingerprint density at radius 1 is 1.50 bits per heavy atom. The quantitative estimate of drug-likeness (QED) is 0.572. The number of esters is 1. The molecule has 1 N–H and O–H groups in total. The van der Waals surface area contributed by atoms with Gasteiger partial charge < -0.3 is 9.84 Å². The van der Waals surface area contributed by atoms with E-state index in [9.17, 15) is 23.1 Å². The predicted octanol–water partition coefficient (Wildman–Crippen LogP) is 2.20. The minimum Gasteiger partial charge on any atom is -0.460 e. The number of hydrogen-bond donors (Lipinski definition) is 1. The molecule has 94 valence electrons. The van der Waals surface area contributed by atoms with Crippen molar-refractivity contribution in [3.05, 3.63) is 12.2 Å². The van der Waals surface area contributed by atoms with Gasteiger partial charge in [0.2, 0.25) is 0 Å². The molecule has 0 saturated carbocycles. The first-order valence-electron chi connectivity index (χ1n) is 4.80. The molecule has 0 aliphatic rings. The summed E-state index contributed by atoms with van der Waals surface area (Å²) in [7, 11) is 0. The summed E-state index contributed by atoms with van der Waals surface area (Å²) in [5.41, 5.74) is 0.183. The van der Waals surface area contributed by atoms with Gasteiger partial charge in [-0.25, -0.2) is 4.79 Å². The molecule has 1 unspecified atom stereocenters. The number of carbonyl (C=O) groups excluding carboxylic acids is 1. The molecule has 0 radical (unpaired) electrons. The number of alkyl halides is 3. The largest absolute Gasteiger partial charge is 0.460 e. The van der Waals surface area contributed by atoms with E-state index in [-0.39, 0.29) is 25.0 Å². The molecule has 0 aliphatic heterocycles. The lowest BCUT2D eigenvalue weighted by molar-refractivity contribution is -0.144. The molecular formula is C10H15F3O3. The van der Waals surface area contributed by atoms with Gasteiger partial charge in [0.1, 0.15) is 6.61 Å². The fraction of sp³-hybridized carbons (Fsp3) is 0.700. The van der Waals surface area contributed by atoms with Crippen molar-refractivity contribution in [2.45, 2.75) is 38.5 Å². The van der Waals surface area contributed by atoms with Crippen LogP contribution >= 0.6 is 0 Å². The van der Waals surface area contributed by atoms with Crippen LogP contribution in [0.15, 0.2) is 12.2 Å². The molecule has 0 bridgehead atoms. The molecule has 0 aromatic carbocycles. The van der Waals surface area contributed by atoms with E-state index in [1.54, 1.807) is 0 Å². The monoisotopic (exact) mass is 240 g/mol. The van der Waals surface area contributed by atoms with Gasteiger partial charge >= 0.3 is 12.1 Å². The maximum absolute atomic E-state index is 11.7. The van der Waals surface area contributed by atoms with Crippen molar-refractivity contribution in [2.75, 3.05) is 6.61 Å². The summed E-state index contributed by atoms with van der Waals surface area (Å²) >= 11 is 0. The van der Waals surface area contributed by atoms with Crippen LogP contribution in [0.1, 0.15) is 26.2 Å². The Bertz CT molecular complexity index is 248. The van der Waals surface area contributed by atoms with E-state index >= 15 is 0 Å². The van der Waals surface area contributed by atoms with Crippen LogP contribution in [0.4, 0.5) is 13.2 Å². The van der Waals surface area contributed by atoms with Crippen molar-refractivity contribution >= 4 is 5.97 Å². The second kappa shape index (κ2) is 6.52. The first-order valence-corrected chi connectivity index (χ1v) is 4.80. The zero-order valence-electron chi connectivity index (χ0n) is 9.01. The highest BCUT2D eigenvalue weighted by Crippen LogP contribution is 2.22. The van der Waals surface area contributed by atoms with Crippen LogP contribution in [0, 0.1) is 0 Å². The normalized spacial score (nSPS) is 13.3. The second-order valence-corrected chi connectivity index (χ2v) is 3.54. The van der Waals surface area contributed by atoms with Gasteiger partial charge in [0.25, 0.3) is 0 Å². The number of halogens is 3. The highest BCUT2D eigenvalue weighted by Gasteiger charge is 2.26. The van der Waals surface area contributed by atoms with Gasteiger partial charge in [-0.1, -0.05) is 6.58 Å². The summed E-state index contributed by atoms with van der Waals surface area (Å²) in [6.07, 6.45) is -6.46. The molecular weight excluding hydrogens is 225 g/mol. The van der Waals surface area contributed by atoms with Crippen LogP contribution in [0.25, 0.3) is 0 Å². The van der Waals surface area contributed by atoms with Crippen molar-refractivity contribution in [2.24, 2.45) is 0 Å². The maximum Gasteiger partial charge on any atom is 0.389 e. The molecule has 0 amide bonds. The van der Waals surface area contributed by atoms with Crippen molar-refractivity contribution in [3.8, 4) is 0 Å². The Balaban J connectivity index is 3.64. The highest BCUT2D eigenvalue weighted by molar-refractivity contribution is 5.86. The lowest BCUT2D eigenvalue weighted by Gasteiger charge is -2.12. The standard InChI is InChI=1S/C10H15F3O3/c1-7(2)9(15)16-6-8(14)4-3-5-10(11,12)13/h8,14H,1,3-6H2,2H3. The lowest BCUT2D eigenvalue weighted by atomic mass is 10.1. The SMILES string of the molecule is C=C(C)C(=O)OCC(O)CCCC(F)(F)F. The molecule has 16 heavy (non-hydrogen) atoms. The van der Waals surface area contributed by atoms with Gasteiger partial charge in [0.15, 0.2) is 0 Å². The molecule has 3 nitrogen and oxygen atoms in total. The van der Waals surface area contributed by atoms with Gasteiger partial charge in [-0.15, -0.1) is 0 Å². The Labute approximate surface area is 91.9 Å². The van der Waals surface area contributed by atoms with E-state index in [0.29, 0.717) is 0 Å². The minimum atomic E-state index is -4.21. The Hall–Kier alpha value is -1.04. The van der Waals surface area contributed by atoms with E-state index in [4.69, 9.17) is 0 Å². The zero-order valence-corrected chi connectivity index (χ0v) is 9.01. The summed E-state index contributed by atoms with van der Waals surface area (Å²) in [5.74, 6) is -0.658. The number of hydrogen-bond acceptors (Lipinski definition) is 3. The molecule has 0 saturated heterocycles. The van der Waals surface area contributed by atoms with Crippen LogP contribution in [0.5, 0.6) is 0 Å². The third-order valence-corrected chi connectivity index (χ3v) is 1.75. The fourth-order valence-corrected chi connectivity index (χ4v) is 0.917. The van der Waals surface area contributed by atoms with Gasteiger partial charge in [-0.3, -0.25) is 0 Å². The lowest BCUT2D eigenvalue weighted by Crippen LogP contribution is -2.19. The number of rotatable bonds is 6. The molecule has 0 rings (SSSR count). The third kappa shape index (κ3) is 8.28. The number of carbonyl (C=O) groups is 1. The first kappa shape index (κ1) is 15.0. The summed E-state index contributed by atoms with van der Waals surface area (Å²) in [5, 5.41) is 9.20. The number of aliphatic hydroxyl groups excluding tert-OH is 1. The summed E-state index contributed by atoms with van der Waals surface area (Å²) < 4.78 is 39.8. The highest BCUT2D eigenvalue weighted by atomic mass is 19.4. The van der Waals surface area contributed by atoms with Crippen LogP contribution < -0.4 is 0 Å². The smallest absolute Gasteiger partial charge is 0.389 e. The third-order valence-electron chi connectivity index (χ3n) is 1.75. The van der Waals surface area contributed by atoms with E-state index in [0.717, 1.165) is 0 Å². The number of ether oxygens (including phenoxy) is 1. The van der Waals surface area contributed by atoms with Crippen molar-refractivity contribution in [3.63, 3.8) is 0 Å². The van der Waals surface area contributed by atoms with Gasteiger partial charge in [0, 0.05) is 12.0 Å². The van der Waals surface area contributed by atoms with E-state index in [1.165, 1.54) is 6.92 Å². The van der Waals surface area contributed by atoms with Crippen LogP contribution in [0.3, 0.4) is 0 Å². The average Bonchev–Trinajstić information content (AvgIpc) is 2.11. The fourth-order valence-electron chi connectivity index (χ4n) is 0.917. The Morgan fingerprint density at radius 3 is 2.50 bits per heavy atom. The van der Waals surface area contributed by atoms with Gasteiger partial charge in [-0.05, 0) is 19.8 Å². The van der Waals surface area contributed by atoms with Gasteiger partial charge in [-0.2, -0.15) is 13.2 Å². The van der Waals surface area contributed by atoms with Crippen LogP contribution in [-0.4, -0.2) is 30.0 Å². The minimum absolute atomic E-state index is 0.0526. The topological polar surface area (TPSA) is 46.5 Å². The predicted molar refractivity (Wildman–Crippen MR) is 51.7 cm³/mol. The van der Waals surface area contributed by atoms with Crippen molar-refractivity contribution < 1.29 is 27.8 Å². The van der Waals surface area contributed by atoms with Crippen molar-refractivity contribution in [1.82, 2.24) is 0 Å². The summed E-state index contributed by atoms with van der Waals surface area (Å²) in [6, 6.07) is 0. The van der Waals surface area contributed by atoms with E-state index < -0.39 is 24.7 Å². The summed E-state index contributed by atoms with van der Waals surface area (Å²) in [4.78, 5) is 10.9. The van der Waals surface area contributed by atoms with Crippen LogP contribution in [-0.2, 0) is 9.53 Å². The molecule has 6 heteroatoms. The molecule has 0 spiro atoms.